The zero-order chi connectivity index (χ0) is 24.4. The third-order valence-corrected chi connectivity index (χ3v) is 5.66. The van der Waals surface area contributed by atoms with E-state index in [1.165, 1.54) is 26.2 Å². The summed E-state index contributed by atoms with van der Waals surface area (Å²) < 4.78 is 67.4. The number of hydrogen-bond donors (Lipinski definition) is 2. The average Bonchev–Trinajstić information content (AvgIpc) is 2.77. The topological polar surface area (TPSA) is 63.6 Å². The van der Waals surface area contributed by atoms with Crippen LogP contribution in [0.3, 0.4) is 0 Å². The molecule has 1 aromatic heterocycles. The number of alkyl halides is 3. The quantitative estimate of drug-likeness (QED) is 0.392. The molecule has 0 bridgehead atoms. The molecule has 0 saturated heterocycles. The molecule has 2 atom stereocenters. The van der Waals surface area contributed by atoms with Crippen molar-refractivity contribution < 1.29 is 32.1 Å². The molecule has 2 unspecified atom stereocenters. The Morgan fingerprint density at radius 1 is 1.15 bits per heavy atom. The predicted octanol–water partition coefficient (Wildman–Crippen LogP) is 5.83. The van der Waals surface area contributed by atoms with Gasteiger partial charge in [-0.2, -0.15) is 13.2 Å². The maximum absolute atomic E-state index is 14.7. The number of aliphatic hydroxyl groups is 1. The zero-order valence-electron chi connectivity index (χ0n) is 18.1. The summed E-state index contributed by atoms with van der Waals surface area (Å²) in [6.07, 6.45) is -5.15. The van der Waals surface area contributed by atoms with Crippen LogP contribution in [0.2, 0.25) is 5.02 Å². The molecule has 0 aliphatic rings. The van der Waals surface area contributed by atoms with Crippen LogP contribution in [-0.4, -0.2) is 42.2 Å². The van der Waals surface area contributed by atoms with Gasteiger partial charge in [-0.1, -0.05) is 23.7 Å². The van der Waals surface area contributed by atoms with Crippen LogP contribution in [0.15, 0.2) is 42.5 Å². The number of hydrogen-bond acceptors (Lipinski definition) is 5. The van der Waals surface area contributed by atoms with E-state index in [0.29, 0.717) is 10.9 Å². The molecule has 0 saturated carbocycles. The minimum absolute atomic E-state index is 0.0761. The van der Waals surface area contributed by atoms with Gasteiger partial charge in [-0.3, -0.25) is 4.98 Å². The fourth-order valence-electron chi connectivity index (χ4n) is 3.51. The second-order valence-corrected chi connectivity index (χ2v) is 7.82. The summed E-state index contributed by atoms with van der Waals surface area (Å²) in [5.74, 6) is -1.28. The number of halogens is 5. The number of nitrogens with zero attached hydrogens (tertiary/aromatic N) is 1. The summed E-state index contributed by atoms with van der Waals surface area (Å²) in [5.41, 5.74) is -2.26. The molecule has 10 heteroatoms. The monoisotopic (exact) mass is 486 g/mol. The summed E-state index contributed by atoms with van der Waals surface area (Å²) in [7, 11) is 1.20. The predicted molar refractivity (Wildman–Crippen MR) is 118 cm³/mol. The molecular weight excluding hydrogens is 464 g/mol. The molecule has 0 radical (unpaired) electrons. The second-order valence-electron chi connectivity index (χ2n) is 7.45. The number of methoxy groups -OCH3 is 1. The number of nitrogens with one attached hydrogen (secondary N) is 1. The molecule has 0 amide bonds. The van der Waals surface area contributed by atoms with Crippen LogP contribution in [-0.2, 0) is 4.74 Å². The normalized spacial score (nSPS) is 14.7. The first-order valence-corrected chi connectivity index (χ1v) is 10.4. The fourth-order valence-corrected chi connectivity index (χ4v) is 3.77. The lowest BCUT2D eigenvalue weighted by Crippen LogP contribution is -2.56. The summed E-state index contributed by atoms with van der Waals surface area (Å²) in [6.45, 7) is 2.11. The number of benzene rings is 2. The number of pyridine rings is 1. The van der Waals surface area contributed by atoms with Gasteiger partial charge < -0.3 is 19.9 Å². The summed E-state index contributed by atoms with van der Waals surface area (Å²) in [4.78, 5) is 4.38. The van der Waals surface area contributed by atoms with Crippen LogP contribution >= 0.6 is 11.6 Å². The van der Waals surface area contributed by atoms with Gasteiger partial charge >= 0.3 is 6.18 Å². The van der Waals surface area contributed by atoms with Crippen molar-refractivity contribution >= 4 is 28.2 Å². The molecule has 1 heterocycles. The molecule has 2 N–H and O–H groups in total. The number of fused-ring (bicyclic) bond motifs is 1. The Hall–Kier alpha value is -2.62. The Bertz CT molecular complexity index is 1140. The smallest absolute Gasteiger partial charge is 0.421 e. The Labute approximate surface area is 193 Å². The SMILES string of the molecule is CCOCC(O)(C(Nc1cccc2nc(C)ccc12)c1ccc(OC)c(F)c1Cl)C(F)(F)F. The van der Waals surface area contributed by atoms with Gasteiger partial charge in [-0.25, -0.2) is 4.39 Å². The maximum atomic E-state index is 14.7. The molecule has 0 fully saturated rings. The maximum Gasteiger partial charge on any atom is 0.421 e. The van der Waals surface area contributed by atoms with Crippen molar-refractivity contribution in [1.82, 2.24) is 4.98 Å². The molecule has 0 aliphatic heterocycles. The molecular formula is C23H23ClF4N2O3. The van der Waals surface area contributed by atoms with Crippen molar-refractivity contribution in [2.75, 3.05) is 25.6 Å². The van der Waals surface area contributed by atoms with Crippen LogP contribution in [0.4, 0.5) is 23.2 Å². The van der Waals surface area contributed by atoms with Gasteiger partial charge in [0.05, 0.1) is 30.3 Å². The summed E-state index contributed by atoms with van der Waals surface area (Å²) in [5, 5.41) is 13.6. The Kier molecular flexibility index (Phi) is 7.36. The molecule has 178 valence electrons. The fraction of sp³-hybridized carbons (Fsp3) is 0.348. The highest BCUT2D eigenvalue weighted by atomic mass is 35.5. The highest BCUT2D eigenvalue weighted by Crippen LogP contribution is 2.46. The van der Waals surface area contributed by atoms with Crippen molar-refractivity contribution in [1.29, 1.82) is 0 Å². The van der Waals surface area contributed by atoms with Gasteiger partial charge in [-0.15, -0.1) is 0 Å². The van der Waals surface area contributed by atoms with Gasteiger partial charge in [-0.05, 0) is 49.7 Å². The van der Waals surface area contributed by atoms with Crippen molar-refractivity contribution in [3.05, 3.63) is 64.6 Å². The Morgan fingerprint density at radius 3 is 2.52 bits per heavy atom. The minimum Gasteiger partial charge on any atom is -0.494 e. The van der Waals surface area contributed by atoms with Gasteiger partial charge in [0.15, 0.2) is 11.6 Å². The zero-order valence-corrected chi connectivity index (χ0v) is 18.9. The molecule has 0 aliphatic carbocycles. The van der Waals surface area contributed by atoms with Gasteiger partial charge in [0, 0.05) is 23.4 Å². The summed E-state index contributed by atoms with van der Waals surface area (Å²) in [6, 6.07) is 8.66. The molecule has 33 heavy (non-hydrogen) atoms. The largest absolute Gasteiger partial charge is 0.494 e. The van der Waals surface area contributed by atoms with E-state index in [-0.39, 0.29) is 23.6 Å². The minimum atomic E-state index is -5.15. The first-order valence-electron chi connectivity index (χ1n) is 10.0. The van der Waals surface area contributed by atoms with E-state index in [0.717, 1.165) is 11.8 Å². The van der Waals surface area contributed by atoms with E-state index in [4.69, 9.17) is 21.1 Å². The van der Waals surface area contributed by atoms with E-state index in [1.54, 1.807) is 31.2 Å². The first kappa shape index (κ1) is 25.0. The average molecular weight is 487 g/mol. The van der Waals surface area contributed by atoms with Gasteiger partial charge in [0.2, 0.25) is 5.60 Å². The van der Waals surface area contributed by atoms with Crippen LogP contribution in [0.5, 0.6) is 5.75 Å². The highest BCUT2D eigenvalue weighted by Gasteiger charge is 2.60. The van der Waals surface area contributed by atoms with Crippen LogP contribution in [0.1, 0.15) is 24.2 Å². The number of aryl methyl sites for hydroxylation is 1. The third-order valence-electron chi connectivity index (χ3n) is 5.27. The molecule has 3 rings (SSSR count). The van der Waals surface area contributed by atoms with Crippen molar-refractivity contribution in [2.24, 2.45) is 0 Å². The van der Waals surface area contributed by atoms with E-state index in [1.807, 2.05) is 0 Å². The van der Waals surface area contributed by atoms with Crippen molar-refractivity contribution in [3.8, 4) is 5.75 Å². The molecule has 2 aromatic carbocycles. The van der Waals surface area contributed by atoms with E-state index in [2.05, 4.69) is 10.3 Å². The van der Waals surface area contributed by atoms with E-state index >= 15 is 0 Å². The molecule has 5 nitrogen and oxygen atoms in total. The number of rotatable bonds is 8. The lowest BCUT2D eigenvalue weighted by molar-refractivity contribution is -0.281. The number of anilines is 1. The lowest BCUT2D eigenvalue weighted by Gasteiger charge is -2.39. The Balaban J connectivity index is 2.23. The standard InChI is InChI=1S/C23H23ClF4N2O3/c1-4-33-12-22(31,23(26,27)28)21(15-10-11-18(32-3)20(25)19(15)24)30-17-7-5-6-16-14(17)9-8-13(2)29-16/h5-11,21,30-31H,4,12H2,1-3H3. The van der Waals surface area contributed by atoms with Crippen molar-refractivity contribution in [3.63, 3.8) is 0 Å². The van der Waals surface area contributed by atoms with E-state index < -0.39 is 35.3 Å². The van der Waals surface area contributed by atoms with Crippen LogP contribution in [0.25, 0.3) is 10.9 Å². The molecule has 0 spiro atoms. The first-order chi connectivity index (χ1) is 15.5. The second kappa shape index (κ2) is 9.70. The van der Waals surface area contributed by atoms with Crippen LogP contribution < -0.4 is 10.1 Å². The van der Waals surface area contributed by atoms with Crippen molar-refractivity contribution in [2.45, 2.75) is 31.7 Å². The number of aromatic nitrogens is 1. The molecule has 3 aromatic rings. The van der Waals surface area contributed by atoms with Gasteiger partial charge in [0.1, 0.15) is 0 Å². The highest BCUT2D eigenvalue weighted by molar-refractivity contribution is 6.31. The lowest BCUT2D eigenvalue weighted by atomic mass is 9.87. The van der Waals surface area contributed by atoms with Gasteiger partial charge in [0.25, 0.3) is 0 Å². The number of ether oxygens (including phenoxy) is 2. The van der Waals surface area contributed by atoms with E-state index in [9.17, 15) is 22.7 Å². The summed E-state index contributed by atoms with van der Waals surface area (Å²) >= 11 is 6.14. The Morgan fingerprint density at radius 2 is 1.88 bits per heavy atom. The van der Waals surface area contributed by atoms with Crippen LogP contribution in [0, 0.1) is 12.7 Å². The third kappa shape index (κ3) is 4.85.